The number of hydrogen-bond acceptors (Lipinski definition) is 3. The van der Waals surface area contributed by atoms with E-state index < -0.39 is 0 Å². The number of methoxy groups -OCH3 is 1. The zero-order valence-corrected chi connectivity index (χ0v) is 16.0. The number of ether oxygens (including phenoxy) is 1. The Morgan fingerprint density at radius 3 is 2.59 bits per heavy atom. The molecular weight excluding hydrogens is 343 g/mol. The SMILES string of the molecule is CCN(Cc1cccc(F)c1)C(=O)CN(Cc1ccccc1OC)C1CC1. The number of halogens is 1. The van der Waals surface area contributed by atoms with Crippen molar-refractivity contribution in [3.8, 4) is 5.75 Å². The first-order chi connectivity index (χ1) is 13.1. The van der Waals surface area contributed by atoms with Crippen LogP contribution in [0.1, 0.15) is 30.9 Å². The van der Waals surface area contributed by atoms with Gasteiger partial charge in [-0.1, -0.05) is 30.3 Å². The molecule has 0 atom stereocenters. The fourth-order valence-electron chi connectivity index (χ4n) is 3.31. The highest BCUT2D eigenvalue weighted by Crippen LogP contribution is 2.30. The summed E-state index contributed by atoms with van der Waals surface area (Å²) in [6.07, 6.45) is 2.25. The van der Waals surface area contributed by atoms with Crippen LogP contribution in [0.5, 0.6) is 5.75 Å². The maximum atomic E-state index is 13.4. The molecule has 0 saturated heterocycles. The van der Waals surface area contributed by atoms with Gasteiger partial charge in [0, 0.05) is 31.2 Å². The molecule has 0 aromatic heterocycles. The van der Waals surface area contributed by atoms with Crippen LogP contribution < -0.4 is 4.74 Å². The van der Waals surface area contributed by atoms with Crippen LogP contribution >= 0.6 is 0 Å². The minimum absolute atomic E-state index is 0.0727. The molecule has 3 rings (SSSR count). The van der Waals surface area contributed by atoms with Gasteiger partial charge >= 0.3 is 0 Å². The highest BCUT2D eigenvalue weighted by Gasteiger charge is 2.31. The number of rotatable bonds is 9. The average Bonchev–Trinajstić information content (AvgIpc) is 3.51. The third-order valence-electron chi connectivity index (χ3n) is 4.96. The summed E-state index contributed by atoms with van der Waals surface area (Å²) in [5, 5.41) is 0. The normalized spacial score (nSPS) is 13.6. The van der Waals surface area contributed by atoms with Gasteiger partial charge in [-0.2, -0.15) is 0 Å². The van der Waals surface area contributed by atoms with E-state index >= 15 is 0 Å². The van der Waals surface area contributed by atoms with Gasteiger partial charge in [0.15, 0.2) is 0 Å². The van der Waals surface area contributed by atoms with Crippen molar-refractivity contribution in [2.75, 3.05) is 20.2 Å². The predicted octanol–water partition coefficient (Wildman–Crippen LogP) is 3.85. The van der Waals surface area contributed by atoms with E-state index in [-0.39, 0.29) is 11.7 Å². The number of benzene rings is 2. The van der Waals surface area contributed by atoms with Crippen molar-refractivity contribution in [3.63, 3.8) is 0 Å². The Kier molecular flexibility index (Phi) is 6.45. The largest absolute Gasteiger partial charge is 0.496 e. The van der Waals surface area contributed by atoms with Gasteiger partial charge in [0.1, 0.15) is 11.6 Å². The fourth-order valence-corrected chi connectivity index (χ4v) is 3.31. The molecule has 1 aliphatic rings. The van der Waals surface area contributed by atoms with E-state index in [1.54, 1.807) is 18.1 Å². The third-order valence-corrected chi connectivity index (χ3v) is 4.96. The van der Waals surface area contributed by atoms with Crippen molar-refractivity contribution in [2.45, 2.75) is 38.9 Å². The van der Waals surface area contributed by atoms with Crippen LogP contribution in [0.4, 0.5) is 4.39 Å². The predicted molar refractivity (Wildman–Crippen MR) is 104 cm³/mol. The van der Waals surface area contributed by atoms with E-state index in [2.05, 4.69) is 4.90 Å². The first-order valence-corrected chi connectivity index (χ1v) is 9.49. The van der Waals surface area contributed by atoms with Crippen molar-refractivity contribution in [3.05, 3.63) is 65.5 Å². The van der Waals surface area contributed by atoms with E-state index in [0.717, 1.165) is 29.7 Å². The summed E-state index contributed by atoms with van der Waals surface area (Å²) in [4.78, 5) is 16.9. The highest BCUT2D eigenvalue weighted by atomic mass is 19.1. The summed E-state index contributed by atoms with van der Waals surface area (Å²) < 4.78 is 18.9. The number of carbonyl (C=O) groups excluding carboxylic acids is 1. The molecule has 27 heavy (non-hydrogen) atoms. The van der Waals surface area contributed by atoms with E-state index in [1.807, 2.05) is 37.3 Å². The van der Waals surface area contributed by atoms with Crippen molar-refractivity contribution in [1.82, 2.24) is 9.80 Å². The molecule has 1 amide bonds. The van der Waals surface area contributed by atoms with Gasteiger partial charge < -0.3 is 9.64 Å². The molecule has 2 aromatic rings. The Balaban J connectivity index is 1.67. The van der Waals surface area contributed by atoms with Crippen LogP contribution in [-0.2, 0) is 17.9 Å². The number of likely N-dealkylation sites (N-methyl/N-ethyl adjacent to an activating group) is 1. The summed E-state index contributed by atoms with van der Waals surface area (Å²) in [5.74, 6) is 0.651. The number of hydrogen-bond donors (Lipinski definition) is 0. The maximum absolute atomic E-state index is 13.4. The first kappa shape index (κ1) is 19.4. The Bertz CT molecular complexity index is 776. The minimum Gasteiger partial charge on any atom is -0.496 e. The van der Waals surface area contributed by atoms with E-state index in [0.29, 0.717) is 32.2 Å². The Morgan fingerprint density at radius 1 is 1.15 bits per heavy atom. The molecule has 1 saturated carbocycles. The zero-order chi connectivity index (χ0) is 19.2. The van der Waals surface area contributed by atoms with Crippen LogP contribution in [0, 0.1) is 5.82 Å². The minimum atomic E-state index is -0.271. The standard InChI is InChI=1S/C22H27FN2O2/c1-3-24(14-17-7-6-9-19(23)13-17)22(26)16-25(20-11-12-20)15-18-8-4-5-10-21(18)27-2/h4-10,13,20H,3,11-12,14-16H2,1-2H3. The lowest BCUT2D eigenvalue weighted by Crippen LogP contribution is -2.40. The van der Waals surface area contributed by atoms with Crippen molar-refractivity contribution >= 4 is 5.91 Å². The third kappa shape index (κ3) is 5.30. The molecular formula is C22H27FN2O2. The molecule has 0 unspecified atom stereocenters. The van der Waals surface area contributed by atoms with Gasteiger partial charge in [-0.3, -0.25) is 9.69 Å². The summed E-state index contributed by atoms with van der Waals surface area (Å²) in [7, 11) is 1.67. The number of para-hydroxylation sites is 1. The topological polar surface area (TPSA) is 32.8 Å². The molecule has 0 heterocycles. The second-order valence-corrected chi connectivity index (χ2v) is 6.99. The van der Waals surface area contributed by atoms with Crippen LogP contribution in [0.15, 0.2) is 48.5 Å². The molecule has 0 bridgehead atoms. The van der Waals surface area contributed by atoms with Gasteiger partial charge in [-0.15, -0.1) is 0 Å². The lowest BCUT2D eigenvalue weighted by atomic mass is 10.1. The lowest BCUT2D eigenvalue weighted by Gasteiger charge is -2.27. The maximum Gasteiger partial charge on any atom is 0.237 e. The summed E-state index contributed by atoms with van der Waals surface area (Å²) in [6.45, 7) is 4.05. The highest BCUT2D eigenvalue weighted by molar-refractivity contribution is 5.78. The molecule has 2 aromatic carbocycles. The average molecular weight is 370 g/mol. The molecule has 0 N–H and O–H groups in total. The van der Waals surface area contributed by atoms with Gasteiger partial charge in [0.05, 0.1) is 13.7 Å². The van der Waals surface area contributed by atoms with Gasteiger partial charge in [0.25, 0.3) is 0 Å². The molecule has 1 fully saturated rings. The van der Waals surface area contributed by atoms with Gasteiger partial charge in [-0.05, 0) is 43.5 Å². The van der Waals surface area contributed by atoms with Gasteiger partial charge in [0.2, 0.25) is 5.91 Å². The summed E-state index contributed by atoms with van der Waals surface area (Å²) in [5.41, 5.74) is 1.90. The van der Waals surface area contributed by atoms with Crippen molar-refractivity contribution in [1.29, 1.82) is 0 Å². The van der Waals surface area contributed by atoms with E-state index in [9.17, 15) is 9.18 Å². The summed E-state index contributed by atoms with van der Waals surface area (Å²) >= 11 is 0. The molecule has 4 nitrogen and oxygen atoms in total. The van der Waals surface area contributed by atoms with Crippen molar-refractivity contribution in [2.24, 2.45) is 0 Å². The first-order valence-electron chi connectivity index (χ1n) is 9.49. The molecule has 5 heteroatoms. The van der Waals surface area contributed by atoms with Crippen LogP contribution in [0.25, 0.3) is 0 Å². The van der Waals surface area contributed by atoms with Crippen LogP contribution in [-0.4, -0.2) is 41.9 Å². The quantitative estimate of drug-likeness (QED) is 0.672. The molecule has 144 valence electrons. The van der Waals surface area contributed by atoms with E-state index in [1.165, 1.54) is 12.1 Å². The second kappa shape index (κ2) is 9.00. The van der Waals surface area contributed by atoms with Crippen molar-refractivity contribution < 1.29 is 13.9 Å². The molecule has 1 aliphatic carbocycles. The Labute approximate surface area is 160 Å². The summed E-state index contributed by atoms with van der Waals surface area (Å²) in [6, 6.07) is 14.8. The monoisotopic (exact) mass is 370 g/mol. The Morgan fingerprint density at radius 2 is 1.93 bits per heavy atom. The zero-order valence-electron chi connectivity index (χ0n) is 16.0. The number of carbonyl (C=O) groups is 1. The number of amides is 1. The van der Waals surface area contributed by atoms with Crippen LogP contribution in [0.2, 0.25) is 0 Å². The molecule has 0 spiro atoms. The second-order valence-electron chi connectivity index (χ2n) is 6.99. The Hall–Kier alpha value is -2.40. The number of nitrogens with zero attached hydrogens (tertiary/aromatic N) is 2. The molecule has 0 aliphatic heterocycles. The van der Waals surface area contributed by atoms with E-state index in [4.69, 9.17) is 4.74 Å². The smallest absolute Gasteiger partial charge is 0.237 e. The van der Waals surface area contributed by atoms with Gasteiger partial charge in [-0.25, -0.2) is 4.39 Å². The fraction of sp³-hybridized carbons (Fsp3) is 0.409. The lowest BCUT2D eigenvalue weighted by molar-refractivity contribution is -0.133. The molecule has 0 radical (unpaired) electrons. The van der Waals surface area contributed by atoms with Crippen LogP contribution in [0.3, 0.4) is 0 Å².